The van der Waals surface area contributed by atoms with Crippen molar-refractivity contribution in [3.8, 4) is 11.1 Å². The summed E-state index contributed by atoms with van der Waals surface area (Å²) in [5.74, 6) is 0. The fourth-order valence-corrected chi connectivity index (χ4v) is 8.76. The average Bonchev–Trinajstić information content (AvgIpc) is 3.52. The number of benzene rings is 3. The molecule has 44 heavy (non-hydrogen) atoms. The molecule has 5 rings (SSSR count). The third kappa shape index (κ3) is 5.69. The van der Waals surface area contributed by atoms with Crippen LogP contribution in [0.15, 0.2) is 99.8 Å². The Labute approximate surface area is 260 Å². The largest absolute Gasteiger partial charge is 0.256 e. The molecule has 8 nitrogen and oxygen atoms in total. The fraction of sp³-hybridized carbons (Fsp3) is 0.226. The number of aromatic nitrogens is 2. The van der Waals surface area contributed by atoms with Crippen LogP contribution in [0.5, 0.6) is 0 Å². The molecular formula is C31H29FN2O6S4. The summed E-state index contributed by atoms with van der Waals surface area (Å²) in [6.07, 6.45) is 4.46. The Morgan fingerprint density at radius 2 is 1.50 bits per heavy atom. The van der Waals surface area contributed by atoms with E-state index in [1.807, 2.05) is 6.07 Å². The summed E-state index contributed by atoms with van der Waals surface area (Å²) >= 11 is 0.784. The molecule has 0 radical (unpaired) electrons. The highest BCUT2D eigenvalue weighted by Crippen LogP contribution is 2.42. The first-order valence-electron chi connectivity index (χ1n) is 13.3. The van der Waals surface area contributed by atoms with Gasteiger partial charge in [-0.15, -0.1) is 11.3 Å². The van der Waals surface area contributed by atoms with Crippen molar-refractivity contribution in [2.45, 2.75) is 39.3 Å². The summed E-state index contributed by atoms with van der Waals surface area (Å²) in [4.78, 5) is 8.31. The average molecular weight is 673 g/mol. The Morgan fingerprint density at radius 3 is 2.11 bits per heavy atom. The molecule has 1 unspecified atom stereocenters. The van der Waals surface area contributed by atoms with Crippen molar-refractivity contribution < 1.29 is 29.6 Å². The molecule has 0 amide bonds. The molecule has 0 aliphatic carbocycles. The van der Waals surface area contributed by atoms with Gasteiger partial charge in [0.05, 0.1) is 15.2 Å². The van der Waals surface area contributed by atoms with E-state index in [0.29, 0.717) is 33.2 Å². The van der Waals surface area contributed by atoms with Crippen LogP contribution in [0.2, 0.25) is 0 Å². The lowest BCUT2D eigenvalue weighted by Crippen LogP contribution is -2.34. The molecule has 0 saturated carbocycles. The van der Waals surface area contributed by atoms with Gasteiger partial charge in [0, 0.05) is 53.2 Å². The molecule has 2 heterocycles. The Kier molecular flexibility index (Phi) is 8.07. The Morgan fingerprint density at radius 1 is 0.795 bits per heavy atom. The van der Waals surface area contributed by atoms with E-state index >= 15 is 4.39 Å². The molecule has 0 bridgehead atoms. The van der Waals surface area contributed by atoms with Crippen LogP contribution in [0.3, 0.4) is 0 Å². The van der Waals surface area contributed by atoms with Crippen LogP contribution in [-0.4, -0.2) is 47.7 Å². The fourth-order valence-electron chi connectivity index (χ4n) is 4.87. The Balaban J connectivity index is 1.67. The van der Waals surface area contributed by atoms with Crippen LogP contribution in [-0.2, 0) is 45.7 Å². The van der Waals surface area contributed by atoms with E-state index in [1.165, 1.54) is 42.1 Å². The van der Waals surface area contributed by atoms with Crippen LogP contribution in [0.4, 0.5) is 4.39 Å². The van der Waals surface area contributed by atoms with Gasteiger partial charge < -0.3 is 0 Å². The third-order valence-electron chi connectivity index (χ3n) is 7.78. The van der Waals surface area contributed by atoms with E-state index in [0.717, 1.165) is 17.6 Å². The summed E-state index contributed by atoms with van der Waals surface area (Å²) in [5, 5.41) is -0.858. The Hall–Kier alpha value is -3.52. The number of nitrogens with zero attached hydrogens (tertiary/aromatic N) is 2. The maximum atomic E-state index is 17.3. The molecule has 0 saturated heterocycles. The second kappa shape index (κ2) is 11.1. The lowest BCUT2D eigenvalue weighted by Gasteiger charge is -2.26. The van der Waals surface area contributed by atoms with Crippen molar-refractivity contribution in [2.75, 3.05) is 12.5 Å². The highest BCUT2D eigenvalue weighted by molar-refractivity contribution is 7.94. The number of fused-ring (bicyclic) bond motifs is 1. The van der Waals surface area contributed by atoms with Crippen molar-refractivity contribution in [1.82, 2.24) is 9.97 Å². The molecule has 0 fully saturated rings. The van der Waals surface area contributed by atoms with Crippen molar-refractivity contribution in [3.05, 3.63) is 107 Å². The number of hydrogen-bond donors (Lipinski definition) is 0. The van der Waals surface area contributed by atoms with Gasteiger partial charge in [0.25, 0.3) is 0 Å². The van der Waals surface area contributed by atoms with Gasteiger partial charge in [-0.3, -0.25) is 4.98 Å². The molecule has 2 aromatic heterocycles. The molecule has 0 N–H and O–H groups in total. The van der Waals surface area contributed by atoms with Gasteiger partial charge in [-0.05, 0) is 60.9 Å². The minimum atomic E-state index is -4.70. The lowest BCUT2D eigenvalue weighted by atomic mass is 9.92. The normalized spacial score (nSPS) is 14.4. The number of pyridine rings is 1. The van der Waals surface area contributed by atoms with E-state index in [1.54, 1.807) is 62.5 Å². The highest BCUT2D eigenvalue weighted by Gasteiger charge is 2.49. The molecular weight excluding hydrogens is 644 g/mol. The van der Waals surface area contributed by atoms with Gasteiger partial charge in [-0.25, -0.2) is 34.6 Å². The number of alkyl halides is 1. The minimum Gasteiger partial charge on any atom is -0.256 e. The molecule has 3 aromatic carbocycles. The zero-order chi connectivity index (χ0) is 32.1. The van der Waals surface area contributed by atoms with Crippen molar-refractivity contribution in [2.24, 2.45) is 0 Å². The molecule has 5 aromatic rings. The summed E-state index contributed by atoms with van der Waals surface area (Å²) in [6.45, 7) is 3.24. The van der Waals surface area contributed by atoms with E-state index < -0.39 is 50.0 Å². The maximum Gasteiger partial charge on any atom is 0.246 e. The van der Waals surface area contributed by atoms with Gasteiger partial charge in [-0.1, -0.05) is 42.5 Å². The Bertz CT molecular complexity index is 2200. The van der Waals surface area contributed by atoms with E-state index in [2.05, 4.69) is 9.97 Å². The summed E-state index contributed by atoms with van der Waals surface area (Å²) in [5.41, 5.74) is 2.40. The predicted molar refractivity (Wildman–Crippen MR) is 170 cm³/mol. The second-order valence-corrected chi connectivity index (χ2v) is 18.9. The van der Waals surface area contributed by atoms with Gasteiger partial charge in [0.2, 0.25) is 19.2 Å². The zero-order valence-corrected chi connectivity index (χ0v) is 27.5. The standard InChI is InChI=1S/C31H29FN2O6S4/c1-30(2,43(4,37)38)25-18-23-9-6-14-33-28(23)27(19-25)22-8-5-7-21(17-22)20-31(32,44(39,40)29-34-15-16-41-29)24-10-12-26(13-11-24)42(3,35)36/h5-19H,20H2,1-4H3. The van der Waals surface area contributed by atoms with E-state index in [-0.39, 0.29) is 10.5 Å². The number of thiazole rings is 1. The van der Waals surface area contributed by atoms with Crippen molar-refractivity contribution >= 4 is 51.8 Å². The monoisotopic (exact) mass is 672 g/mol. The molecule has 0 aliphatic heterocycles. The number of sulfone groups is 3. The van der Waals surface area contributed by atoms with Gasteiger partial charge >= 0.3 is 0 Å². The molecule has 230 valence electrons. The van der Waals surface area contributed by atoms with Gasteiger partial charge in [-0.2, -0.15) is 0 Å². The maximum absolute atomic E-state index is 17.3. The first-order valence-corrected chi connectivity index (χ1v) is 19.4. The minimum absolute atomic E-state index is 0.0754. The van der Waals surface area contributed by atoms with E-state index in [4.69, 9.17) is 0 Å². The van der Waals surface area contributed by atoms with Crippen molar-refractivity contribution in [1.29, 1.82) is 0 Å². The van der Waals surface area contributed by atoms with Crippen LogP contribution < -0.4 is 0 Å². The SMILES string of the molecule is CC(C)(c1cc(-c2cccc(CC(F)(c3ccc(S(C)(=O)=O)cc3)S(=O)(=O)c3nccs3)c2)c2ncccc2c1)S(C)(=O)=O. The second-order valence-electron chi connectivity index (χ2n) is 11.1. The number of rotatable bonds is 9. The van der Waals surface area contributed by atoms with Crippen LogP contribution in [0.1, 0.15) is 30.5 Å². The summed E-state index contributed by atoms with van der Waals surface area (Å²) < 4.78 is 92.6. The van der Waals surface area contributed by atoms with Crippen molar-refractivity contribution in [3.63, 3.8) is 0 Å². The third-order valence-corrected chi connectivity index (χ3v) is 14.3. The van der Waals surface area contributed by atoms with Gasteiger partial charge in [0.15, 0.2) is 19.7 Å². The lowest BCUT2D eigenvalue weighted by molar-refractivity contribution is 0.269. The molecule has 1 atom stereocenters. The van der Waals surface area contributed by atoms with Crippen LogP contribution >= 0.6 is 11.3 Å². The predicted octanol–water partition coefficient (Wildman–Crippen LogP) is 5.88. The highest BCUT2D eigenvalue weighted by atomic mass is 32.2. The molecule has 0 spiro atoms. The molecule has 13 heteroatoms. The van der Waals surface area contributed by atoms with Crippen LogP contribution in [0, 0.1) is 0 Å². The molecule has 0 aliphatic rings. The first kappa shape index (κ1) is 31.9. The number of halogens is 1. The first-order chi connectivity index (χ1) is 20.4. The summed E-state index contributed by atoms with van der Waals surface area (Å²) in [6, 6.07) is 18.5. The zero-order valence-electron chi connectivity index (χ0n) is 24.2. The van der Waals surface area contributed by atoms with Crippen LogP contribution in [0.25, 0.3) is 22.0 Å². The van der Waals surface area contributed by atoms with E-state index in [9.17, 15) is 25.3 Å². The number of hydrogen-bond acceptors (Lipinski definition) is 9. The van der Waals surface area contributed by atoms with Gasteiger partial charge in [0.1, 0.15) is 0 Å². The summed E-state index contributed by atoms with van der Waals surface area (Å²) in [7, 11) is -11.8. The topological polar surface area (TPSA) is 128 Å². The smallest absolute Gasteiger partial charge is 0.246 e. The quantitative estimate of drug-likeness (QED) is 0.190.